The van der Waals surface area contributed by atoms with Gasteiger partial charge in [0.15, 0.2) is 0 Å². The first-order valence-electron chi connectivity index (χ1n) is 5.91. The summed E-state index contributed by atoms with van der Waals surface area (Å²) < 4.78 is 0. The first-order valence-corrected chi connectivity index (χ1v) is 5.91. The molecule has 0 unspecified atom stereocenters. The Morgan fingerprint density at radius 2 is 2.00 bits per heavy atom. The van der Waals surface area contributed by atoms with E-state index in [9.17, 15) is 9.90 Å². The van der Waals surface area contributed by atoms with Gasteiger partial charge in [0.1, 0.15) is 0 Å². The summed E-state index contributed by atoms with van der Waals surface area (Å²) >= 11 is 0. The molecule has 0 heterocycles. The number of nitrogens with two attached hydrogens (primary N) is 1. The van der Waals surface area contributed by atoms with Gasteiger partial charge in [-0.1, -0.05) is 12.1 Å². The van der Waals surface area contributed by atoms with Crippen LogP contribution in [-0.4, -0.2) is 23.2 Å². The Bertz CT molecular complexity index is 391. The number of carbonyl (C=O) groups is 1. The van der Waals surface area contributed by atoms with E-state index >= 15 is 0 Å². The predicted molar refractivity (Wildman–Crippen MR) is 65.5 cm³/mol. The van der Waals surface area contributed by atoms with E-state index in [1.807, 2.05) is 12.1 Å². The van der Waals surface area contributed by atoms with Crippen LogP contribution in [0.1, 0.15) is 35.2 Å². The Kier molecular flexibility index (Phi) is 3.45. The molecule has 92 valence electrons. The van der Waals surface area contributed by atoms with Crippen molar-refractivity contribution < 1.29 is 9.90 Å². The number of amides is 1. The van der Waals surface area contributed by atoms with Gasteiger partial charge < -0.3 is 16.2 Å². The molecule has 0 atom stereocenters. The van der Waals surface area contributed by atoms with Gasteiger partial charge in [-0.3, -0.25) is 4.79 Å². The van der Waals surface area contributed by atoms with Crippen LogP contribution in [0.3, 0.4) is 0 Å². The van der Waals surface area contributed by atoms with E-state index in [-0.39, 0.29) is 18.1 Å². The van der Waals surface area contributed by atoms with Crippen LogP contribution in [0.2, 0.25) is 0 Å². The molecule has 1 fully saturated rings. The van der Waals surface area contributed by atoms with Crippen LogP contribution in [0.5, 0.6) is 0 Å². The van der Waals surface area contributed by atoms with Gasteiger partial charge in [0.05, 0.1) is 12.1 Å². The number of hydrogen-bond acceptors (Lipinski definition) is 3. The van der Waals surface area contributed by atoms with Crippen molar-refractivity contribution in [3.63, 3.8) is 0 Å². The van der Waals surface area contributed by atoms with Crippen LogP contribution in [0.25, 0.3) is 0 Å². The number of benzene rings is 1. The highest BCUT2D eigenvalue weighted by molar-refractivity contribution is 5.94. The molecule has 1 aromatic carbocycles. The van der Waals surface area contributed by atoms with E-state index in [1.54, 1.807) is 12.1 Å². The van der Waals surface area contributed by atoms with E-state index in [2.05, 4.69) is 5.32 Å². The molecule has 0 bridgehead atoms. The lowest BCUT2D eigenvalue weighted by Gasteiger charge is -2.40. The highest BCUT2D eigenvalue weighted by atomic mass is 16.3. The molecular formula is C13H18N2O2. The fourth-order valence-electron chi connectivity index (χ4n) is 2.03. The Morgan fingerprint density at radius 3 is 2.41 bits per heavy atom. The molecule has 4 heteroatoms. The molecule has 2 rings (SSSR count). The van der Waals surface area contributed by atoms with E-state index < -0.39 is 0 Å². The van der Waals surface area contributed by atoms with Crippen molar-refractivity contribution in [2.24, 2.45) is 5.73 Å². The smallest absolute Gasteiger partial charge is 0.251 e. The Balaban J connectivity index is 2.03. The number of hydrogen-bond donors (Lipinski definition) is 3. The fraction of sp³-hybridized carbons (Fsp3) is 0.462. The summed E-state index contributed by atoms with van der Waals surface area (Å²) in [4.78, 5) is 12.0. The minimum absolute atomic E-state index is 0.0135. The van der Waals surface area contributed by atoms with Gasteiger partial charge in [-0.15, -0.1) is 0 Å². The fourth-order valence-corrected chi connectivity index (χ4v) is 2.03. The van der Waals surface area contributed by atoms with E-state index in [0.717, 1.165) is 24.8 Å². The monoisotopic (exact) mass is 234 g/mol. The largest absolute Gasteiger partial charge is 0.394 e. The molecule has 1 amide bonds. The van der Waals surface area contributed by atoms with Crippen LogP contribution >= 0.6 is 0 Å². The Hall–Kier alpha value is -1.39. The second-order valence-electron chi connectivity index (χ2n) is 4.65. The molecule has 0 spiro atoms. The number of nitrogens with one attached hydrogen (secondary N) is 1. The molecule has 0 aliphatic heterocycles. The summed E-state index contributed by atoms with van der Waals surface area (Å²) in [6.07, 6.45) is 2.78. The molecule has 1 saturated carbocycles. The van der Waals surface area contributed by atoms with Gasteiger partial charge >= 0.3 is 0 Å². The maximum absolute atomic E-state index is 12.0. The maximum Gasteiger partial charge on any atom is 0.251 e. The van der Waals surface area contributed by atoms with Crippen molar-refractivity contribution in [3.8, 4) is 0 Å². The summed E-state index contributed by atoms with van der Waals surface area (Å²) in [5.74, 6) is -0.123. The number of aliphatic hydroxyl groups excluding tert-OH is 1. The van der Waals surface area contributed by atoms with Gasteiger partial charge in [-0.2, -0.15) is 0 Å². The highest BCUT2D eigenvalue weighted by Gasteiger charge is 2.37. The summed E-state index contributed by atoms with van der Waals surface area (Å²) in [5.41, 5.74) is 6.73. The minimum atomic E-state index is -0.385. The van der Waals surface area contributed by atoms with E-state index in [0.29, 0.717) is 12.1 Å². The molecule has 1 aliphatic carbocycles. The molecule has 0 radical (unpaired) electrons. The SMILES string of the molecule is NCc1ccc(C(=O)NC2(CO)CCC2)cc1. The van der Waals surface area contributed by atoms with Crippen molar-refractivity contribution in [2.45, 2.75) is 31.3 Å². The van der Waals surface area contributed by atoms with Gasteiger partial charge in [0, 0.05) is 12.1 Å². The summed E-state index contributed by atoms with van der Waals surface area (Å²) in [7, 11) is 0. The average molecular weight is 234 g/mol. The molecule has 0 aromatic heterocycles. The molecule has 17 heavy (non-hydrogen) atoms. The minimum Gasteiger partial charge on any atom is -0.394 e. The topological polar surface area (TPSA) is 75.4 Å². The van der Waals surface area contributed by atoms with Crippen LogP contribution in [0, 0.1) is 0 Å². The quantitative estimate of drug-likeness (QED) is 0.721. The third-order valence-corrected chi connectivity index (χ3v) is 3.44. The van der Waals surface area contributed by atoms with Crippen LogP contribution in [0.4, 0.5) is 0 Å². The van der Waals surface area contributed by atoms with E-state index in [1.165, 1.54) is 0 Å². The zero-order valence-corrected chi connectivity index (χ0v) is 9.78. The number of rotatable bonds is 4. The first-order chi connectivity index (χ1) is 8.19. The average Bonchev–Trinajstić information content (AvgIpc) is 2.33. The Labute approximate surface area is 101 Å². The van der Waals surface area contributed by atoms with Gasteiger partial charge in [0.2, 0.25) is 0 Å². The van der Waals surface area contributed by atoms with Crippen LogP contribution in [-0.2, 0) is 6.54 Å². The predicted octanol–water partition coefficient (Wildman–Crippen LogP) is 0.790. The van der Waals surface area contributed by atoms with Crippen molar-refractivity contribution in [1.29, 1.82) is 0 Å². The van der Waals surface area contributed by atoms with Gasteiger partial charge in [-0.25, -0.2) is 0 Å². The molecular weight excluding hydrogens is 216 g/mol. The lowest BCUT2D eigenvalue weighted by Crippen LogP contribution is -2.56. The van der Waals surface area contributed by atoms with Gasteiger partial charge in [0.25, 0.3) is 5.91 Å². The summed E-state index contributed by atoms with van der Waals surface area (Å²) in [6.45, 7) is 0.488. The summed E-state index contributed by atoms with van der Waals surface area (Å²) in [6, 6.07) is 7.23. The zero-order valence-electron chi connectivity index (χ0n) is 9.78. The lowest BCUT2D eigenvalue weighted by molar-refractivity contribution is 0.0641. The number of aliphatic hydroxyl groups is 1. The Morgan fingerprint density at radius 1 is 1.35 bits per heavy atom. The molecule has 4 N–H and O–H groups in total. The third-order valence-electron chi connectivity index (χ3n) is 3.44. The van der Waals surface area contributed by atoms with Crippen molar-refractivity contribution >= 4 is 5.91 Å². The van der Waals surface area contributed by atoms with Crippen molar-refractivity contribution in [2.75, 3.05) is 6.61 Å². The second-order valence-corrected chi connectivity index (χ2v) is 4.65. The molecule has 1 aromatic rings. The standard InChI is InChI=1S/C13H18N2O2/c14-8-10-2-4-11(5-3-10)12(17)15-13(9-16)6-1-7-13/h2-5,16H,1,6-9,14H2,(H,15,17). The van der Waals surface area contributed by atoms with Crippen LogP contribution in [0.15, 0.2) is 24.3 Å². The molecule has 4 nitrogen and oxygen atoms in total. The summed E-state index contributed by atoms with van der Waals surface area (Å²) in [5, 5.41) is 12.2. The lowest BCUT2D eigenvalue weighted by atomic mass is 9.77. The third kappa shape index (κ3) is 2.48. The zero-order chi connectivity index (χ0) is 12.3. The molecule has 1 aliphatic rings. The first kappa shape index (κ1) is 12.1. The second kappa shape index (κ2) is 4.85. The van der Waals surface area contributed by atoms with E-state index in [4.69, 9.17) is 5.73 Å². The van der Waals surface area contributed by atoms with Gasteiger partial charge in [-0.05, 0) is 37.0 Å². The molecule has 0 saturated heterocycles. The number of carbonyl (C=O) groups excluding carboxylic acids is 1. The van der Waals surface area contributed by atoms with Crippen molar-refractivity contribution in [1.82, 2.24) is 5.32 Å². The highest BCUT2D eigenvalue weighted by Crippen LogP contribution is 2.31. The van der Waals surface area contributed by atoms with Crippen LogP contribution < -0.4 is 11.1 Å². The normalized spacial score (nSPS) is 17.3. The maximum atomic E-state index is 12.0. The van der Waals surface area contributed by atoms with Crippen molar-refractivity contribution in [3.05, 3.63) is 35.4 Å².